The van der Waals surface area contributed by atoms with Gasteiger partial charge in [-0.2, -0.15) is 0 Å². The fourth-order valence-electron chi connectivity index (χ4n) is 2.67. The third-order valence-corrected chi connectivity index (χ3v) is 3.75. The van der Waals surface area contributed by atoms with E-state index in [0.29, 0.717) is 18.1 Å². The molecule has 140 valence electrons. The van der Waals surface area contributed by atoms with Gasteiger partial charge in [0, 0.05) is 5.56 Å². The van der Waals surface area contributed by atoms with Crippen molar-refractivity contribution in [1.29, 1.82) is 0 Å². The van der Waals surface area contributed by atoms with Crippen molar-refractivity contribution in [2.45, 2.75) is 20.8 Å². The molecule has 1 aromatic heterocycles. The molecule has 0 bridgehead atoms. The lowest BCUT2D eigenvalue weighted by atomic mass is 10.1. The Kier molecular flexibility index (Phi) is 5.71. The van der Waals surface area contributed by atoms with E-state index >= 15 is 0 Å². The summed E-state index contributed by atoms with van der Waals surface area (Å²) < 4.78 is 15.8. The number of carbonyl (C=O) groups is 1. The van der Waals surface area contributed by atoms with Crippen LogP contribution < -0.4 is 14.8 Å². The molecule has 1 N–H and O–H groups in total. The van der Waals surface area contributed by atoms with E-state index in [4.69, 9.17) is 14.1 Å². The van der Waals surface area contributed by atoms with E-state index < -0.39 is 0 Å². The van der Waals surface area contributed by atoms with E-state index in [1.54, 1.807) is 0 Å². The molecule has 3 rings (SSSR count). The van der Waals surface area contributed by atoms with E-state index in [9.17, 15) is 4.79 Å². The maximum absolute atomic E-state index is 12.2. The van der Waals surface area contributed by atoms with Crippen LogP contribution in [0, 0.1) is 13.8 Å². The van der Waals surface area contributed by atoms with Gasteiger partial charge in [-0.1, -0.05) is 6.07 Å². The first-order valence-corrected chi connectivity index (χ1v) is 8.62. The second-order valence-electron chi connectivity index (χ2n) is 6.08. The Hall–Kier alpha value is -3.35. The predicted molar refractivity (Wildman–Crippen MR) is 101 cm³/mol. The second-order valence-corrected chi connectivity index (χ2v) is 6.08. The molecule has 0 aliphatic carbocycles. The van der Waals surface area contributed by atoms with Crippen molar-refractivity contribution in [2.24, 2.45) is 0 Å². The van der Waals surface area contributed by atoms with Gasteiger partial charge in [-0.25, -0.2) is 4.63 Å². The van der Waals surface area contributed by atoms with Crippen molar-refractivity contribution in [3.8, 4) is 22.8 Å². The van der Waals surface area contributed by atoms with Gasteiger partial charge < -0.3 is 14.8 Å². The zero-order chi connectivity index (χ0) is 19.2. The summed E-state index contributed by atoms with van der Waals surface area (Å²) in [7, 11) is 0. The van der Waals surface area contributed by atoms with Crippen LogP contribution in [0.2, 0.25) is 0 Å². The van der Waals surface area contributed by atoms with Gasteiger partial charge in [0.15, 0.2) is 12.3 Å². The van der Waals surface area contributed by atoms with Crippen molar-refractivity contribution in [3.05, 3.63) is 53.6 Å². The minimum absolute atomic E-state index is 0.140. The summed E-state index contributed by atoms with van der Waals surface area (Å²) in [4.78, 5) is 12.2. The summed E-state index contributed by atoms with van der Waals surface area (Å²) in [6.45, 7) is 6.32. The number of aromatic nitrogens is 2. The molecule has 1 amide bonds. The Morgan fingerprint density at radius 1 is 1.00 bits per heavy atom. The Bertz CT molecular complexity index is 899. The van der Waals surface area contributed by atoms with Gasteiger partial charge in [-0.05, 0) is 78.6 Å². The van der Waals surface area contributed by atoms with E-state index in [2.05, 4.69) is 15.6 Å². The zero-order valence-electron chi connectivity index (χ0n) is 15.5. The highest BCUT2D eigenvalue weighted by atomic mass is 16.6. The normalized spacial score (nSPS) is 10.5. The first-order valence-electron chi connectivity index (χ1n) is 8.62. The van der Waals surface area contributed by atoms with Crippen LogP contribution in [0.5, 0.6) is 11.5 Å². The number of hydrogen-bond donors (Lipinski definition) is 1. The monoisotopic (exact) mass is 367 g/mol. The number of rotatable bonds is 7. The van der Waals surface area contributed by atoms with E-state index in [1.165, 1.54) is 0 Å². The molecule has 0 fully saturated rings. The standard InChI is InChI=1S/C20H21N3O4/c1-4-25-16-7-5-15(6-8-16)19-20(23-27-22-19)21-18(24)12-26-17-10-13(2)9-14(3)11-17/h5-11H,4,12H2,1-3H3,(H,21,23,24). The smallest absolute Gasteiger partial charge is 0.263 e. The topological polar surface area (TPSA) is 86.5 Å². The van der Waals surface area contributed by atoms with Gasteiger partial charge in [0.1, 0.15) is 11.5 Å². The molecule has 0 spiro atoms. The summed E-state index contributed by atoms with van der Waals surface area (Å²) in [5.41, 5.74) is 3.34. The largest absolute Gasteiger partial charge is 0.494 e. The lowest BCUT2D eigenvalue weighted by Crippen LogP contribution is -2.20. The summed E-state index contributed by atoms with van der Waals surface area (Å²) in [5, 5.41) is 10.3. The van der Waals surface area contributed by atoms with Gasteiger partial charge >= 0.3 is 0 Å². The van der Waals surface area contributed by atoms with Crippen molar-refractivity contribution in [3.63, 3.8) is 0 Å². The van der Waals surface area contributed by atoms with Gasteiger partial charge in [0.25, 0.3) is 5.91 Å². The fraction of sp³-hybridized carbons (Fsp3) is 0.250. The molecule has 0 aliphatic rings. The number of carbonyl (C=O) groups excluding carboxylic acids is 1. The molecule has 0 unspecified atom stereocenters. The number of ether oxygens (including phenoxy) is 2. The fourth-order valence-corrected chi connectivity index (χ4v) is 2.67. The molecule has 1 heterocycles. The third-order valence-electron chi connectivity index (χ3n) is 3.75. The number of nitrogens with zero attached hydrogens (tertiary/aromatic N) is 2. The number of amides is 1. The third kappa shape index (κ3) is 4.84. The first-order chi connectivity index (χ1) is 13.0. The molecule has 0 atom stereocenters. The highest BCUT2D eigenvalue weighted by molar-refractivity contribution is 5.94. The van der Waals surface area contributed by atoms with Crippen molar-refractivity contribution in [2.75, 3.05) is 18.5 Å². The van der Waals surface area contributed by atoms with Crippen LogP contribution in [0.4, 0.5) is 5.82 Å². The molecule has 0 saturated heterocycles. The van der Waals surface area contributed by atoms with Crippen molar-refractivity contribution >= 4 is 11.7 Å². The van der Waals surface area contributed by atoms with E-state index in [1.807, 2.05) is 63.2 Å². The maximum Gasteiger partial charge on any atom is 0.263 e. The number of benzene rings is 2. The van der Waals surface area contributed by atoms with E-state index in [-0.39, 0.29) is 18.3 Å². The second kappa shape index (κ2) is 8.35. The summed E-state index contributed by atoms with van der Waals surface area (Å²) in [5.74, 6) is 1.29. The van der Waals surface area contributed by atoms with Gasteiger partial charge in [-0.15, -0.1) is 0 Å². The Labute approximate surface area is 157 Å². The average Bonchev–Trinajstić information content (AvgIpc) is 3.08. The number of hydrogen-bond acceptors (Lipinski definition) is 6. The molecule has 0 aliphatic heterocycles. The van der Waals surface area contributed by atoms with Gasteiger partial charge in [-0.3, -0.25) is 4.79 Å². The van der Waals surface area contributed by atoms with Crippen LogP contribution in [-0.4, -0.2) is 29.4 Å². The summed E-state index contributed by atoms with van der Waals surface area (Å²) >= 11 is 0. The number of nitrogens with one attached hydrogen (secondary N) is 1. The predicted octanol–water partition coefficient (Wildman–Crippen LogP) is 3.77. The van der Waals surface area contributed by atoms with E-state index in [0.717, 1.165) is 22.4 Å². The van der Waals surface area contributed by atoms with Gasteiger partial charge in [0.2, 0.25) is 5.82 Å². The van der Waals surface area contributed by atoms with Crippen LogP contribution in [-0.2, 0) is 4.79 Å². The highest BCUT2D eigenvalue weighted by Gasteiger charge is 2.15. The lowest BCUT2D eigenvalue weighted by molar-refractivity contribution is -0.118. The van der Waals surface area contributed by atoms with Crippen LogP contribution in [0.1, 0.15) is 18.1 Å². The molecule has 7 nitrogen and oxygen atoms in total. The Morgan fingerprint density at radius 2 is 1.70 bits per heavy atom. The minimum Gasteiger partial charge on any atom is -0.494 e. The summed E-state index contributed by atoms with van der Waals surface area (Å²) in [6.07, 6.45) is 0. The Morgan fingerprint density at radius 3 is 2.37 bits per heavy atom. The SMILES string of the molecule is CCOc1ccc(-c2nonc2NC(=O)COc2cc(C)cc(C)c2)cc1. The molecule has 7 heteroatoms. The molecule has 3 aromatic rings. The van der Waals surface area contributed by atoms with Crippen molar-refractivity contribution in [1.82, 2.24) is 10.3 Å². The minimum atomic E-state index is -0.350. The first kappa shape index (κ1) is 18.4. The Balaban J connectivity index is 1.64. The van der Waals surface area contributed by atoms with Crippen molar-refractivity contribution < 1.29 is 18.9 Å². The van der Waals surface area contributed by atoms with Crippen LogP contribution in [0.25, 0.3) is 11.3 Å². The number of anilines is 1. The molecule has 2 aromatic carbocycles. The quantitative estimate of drug-likeness (QED) is 0.684. The van der Waals surface area contributed by atoms with Crippen LogP contribution in [0.3, 0.4) is 0 Å². The number of aryl methyl sites for hydroxylation is 2. The van der Waals surface area contributed by atoms with Crippen LogP contribution in [0.15, 0.2) is 47.1 Å². The molecular formula is C20H21N3O4. The zero-order valence-corrected chi connectivity index (χ0v) is 15.5. The van der Waals surface area contributed by atoms with Crippen LogP contribution >= 0.6 is 0 Å². The molecule has 0 radical (unpaired) electrons. The maximum atomic E-state index is 12.2. The molecule has 0 saturated carbocycles. The highest BCUT2D eigenvalue weighted by Crippen LogP contribution is 2.26. The molecular weight excluding hydrogens is 346 g/mol. The molecule has 27 heavy (non-hydrogen) atoms. The summed E-state index contributed by atoms with van der Waals surface area (Å²) in [6, 6.07) is 13.1. The average molecular weight is 367 g/mol. The van der Waals surface area contributed by atoms with Gasteiger partial charge in [0.05, 0.1) is 6.61 Å². The lowest BCUT2D eigenvalue weighted by Gasteiger charge is -2.08.